The molecule has 2 heterocycles. The molecular formula is C11H13N5O. The Bertz CT molecular complexity index is 467. The molecule has 1 aliphatic rings. The lowest BCUT2D eigenvalue weighted by molar-refractivity contribution is -0.132. The molecule has 1 saturated heterocycles. The first-order valence-electron chi connectivity index (χ1n) is 5.42. The minimum Gasteiger partial charge on any atom is -0.363 e. The van der Waals surface area contributed by atoms with Gasteiger partial charge in [-0.05, 0) is 6.42 Å². The van der Waals surface area contributed by atoms with Crippen molar-refractivity contribution in [2.45, 2.75) is 18.9 Å². The fourth-order valence-electron chi connectivity index (χ4n) is 1.85. The van der Waals surface area contributed by atoms with Crippen molar-refractivity contribution in [1.82, 2.24) is 14.9 Å². The smallest absolute Gasteiger partial charge is 0.222 e. The molecule has 6 nitrogen and oxygen atoms in total. The fourth-order valence-corrected chi connectivity index (χ4v) is 1.85. The highest BCUT2D eigenvalue weighted by Gasteiger charge is 2.23. The lowest BCUT2D eigenvalue weighted by atomic mass is 10.1. The summed E-state index contributed by atoms with van der Waals surface area (Å²) in [6, 6.07) is 2.11. The van der Waals surface area contributed by atoms with Crippen molar-refractivity contribution in [3.63, 3.8) is 0 Å². The lowest BCUT2D eigenvalue weighted by Gasteiger charge is -2.30. The van der Waals surface area contributed by atoms with Gasteiger partial charge in [-0.15, -0.1) is 0 Å². The SMILES string of the molecule is CN1C[C@@H](Nc2nccnc2C#N)CCC1=O. The Labute approximate surface area is 99.3 Å². The van der Waals surface area contributed by atoms with E-state index >= 15 is 0 Å². The maximum absolute atomic E-state index is 11.3. The third kappa shape index (κ3) is 2.50. The van der Waals surface area contributed by atoms with Crippen LogP contribution in [0.15, 0.2) is 12.4 Å². The number of carbonyl (C=O) groups is 1. The molecule has 6 heteroatoms. The summed E-state index contributed by atoms with van der Waals surface area (Å²) in [5.41, 5.74) is 0.284. The van der Waals surface area contributed by atoms with Crippen molar-refractivity contribution in [3.05, 3.63) is 18.1 Å². The van der Waals surface area contributed by atoms with E-state index in [4.69, 9.17) is 5.26 Å². The number of anilines is 1. The minimum atomic E-state index is 0.126. The number of nitriles is 1. The monoisotopic (exact) mass is 231 g/mol. The summed E-state index contributed by atoms with van der Waals surface area (Å²) in [6.45, 7) is 0.625. The number of likely N-dealkylation sites (N-methyl/N-ethyl adjacent to an activating group) is 1. The van der Waals surface area contributed by atoms with Gasteiger partial charge in [0.2, 0.25) is 5.91 Å². The molecule has 1 amide bonds. The first kappa shape index (κ1) is 11.3. The topological polar surface area (TPSA) is 81.9 Å². The largest absolute Gasteiger partial charge is 0.363 e. The highest BCUT2D eigenvalue weighted by atomic mass is 16.2. The minimum absolute atomic E-state index is 0.126. The zero-order valence-corrected chi connectivity index (χ0v) is 9.55. The van der Waals surface area contributed by atoms with Gasteiger partial charge in [-0.2, -0.15) is 5.26 Å². The number of likely N-dealkylation sites (tertiary alicyclic amines) is 1. The van der Waals surface area contributed by atoms with Crippen LogP contribution in [0.1, 0.15) is 18.5 Å². The first-order chi connectivity index (χ1) is 8.20. The van der Waals surface area contributed by atoms with Crippen LogP contribution in [-0.4, -0.2) is 40.4 Å². The summed E-state index contributed by atoms with van der Waals surface area (Å²) in [5, 5.41) is 12.0. The van der Waals surface area contributed by atoms with Crippen molar-refractivity contribution in [1.29, 1.82) is 5.26 Å². The van der Waals surface area contributed by atoms with Crippen LogP contribution in [0.4, 0.5) is 5.82 Å². The van der Waals surface area contributed by atoms with Crippen LogP contribution in [0.3, 0.4) is 0 Å². The Morgan fingerprint density at radius 1 is 1.53 bits per heavy atom. The number of amides is 1. The molecule has 1 aromatic rings. The number of nitrogens with one attached hydrogen (secondary N) is 1. The molecular weight excluding hydrogens is 218 g/mol. The van der Waals surface area contributed by atoms with Crippen LogP contribution in [0, 0.1) is 11.3 Å². The van der Waals surface area contributed by atoms with E-state index in [9.17, 15) is 4.79 Å². The number of nitrogens with zero attached hydrogens (tertiary/aromatic N) is 4. The van der Waals surface area contributed by atoms with Crippen LogP contribution >= 0.6 is 0 Å². The van der Waals surface area contributed by atoms with Crippen LogP contribution in [-0.2, 0) is 4.79 Å². The Hall–Kier alpha value is -2.16. The van der Waals surface area contributed by atoms with Crippen molar-refractivity contribution in [3.8, 4) is 6.07 Å². The van der Waals surface area contributed by atoms with E-state index in [1.807, 2.05) is 6.07 Å². The molecule has 17 heavy (non-hydrogen) atoms. The Kier molecular flexibility index (Phi) is 3.19. The standard InChI is InChI=1S/C11H13N5O/c1-16-7-8(2-3-10(16)17)15-11-9(6-12)13-4-5-14-11/h4-5,8H,2-3,7H2,1H3,(H,14,15)/t8-/m0/s1. The summed E-state index contributed by atoms with van der Waals surface area (Å²) < 4.78 is 0. The fraction of sp³-hybridized carbons (Fsp3) is 0.455. The van der Waals surface area contributed by atoms with E-state index < -0.39 is 0 Å². The van der Waals surface area contributed by atoms with E-state index in [-0.39, 0.29) is 17.6 Å². The zero-order chi connectivity index (χ0) is 12.3. The molecule has 0 radical (unpaired) electrons. The summed E-state index contributed by atoms with van der Waals surface area (Å²) in [7, 11) is 1.78. The highest BCUT2D eigenvalue weighted by Crippen LogP contribution is 2.15. The molecule has 0 unspecified atom stereocenters. The average molecular weight is 231 g/mol. The molecule has 0 aromatic carbocycles. The van der Waals surface area contributed by atoms with Crippen molar-refractivity contribution in [2.24, 2.45) is 0 Å². The van der Waals surface area contributed by atoms with Crippen LogP contribution in [0.25, 0.3) is 0 Å². The third-order valence-electron chi connectivity index (χ3n) is 2.77. The van der Waals surface area contributed by atoms with Gasteiger partial charge in [-0.25, -0.2) is 9.97 Å². The predicted octanol–water partition coefficient (Wildman–Crippen LogP) is 0.381. The van der Waals surface area contributed by atoms with Gasteiger partial charge in [-0.1, -0.05) is 0 Å². The highest BCUT2D eigenvalue weighted by molar-refractivity contribution is 5.77. The normalized spacial score (nSPS) is 19.9. The second-order valence-corrected chi connectivity index (χ2v) is 4.02. The quantitative estimate of drug-likeness (QED) is 0.795. The maximum Gasteiger partial charge on any atom is 0.222 e. The molecule has 1 aliphatic heterocycles. The number of rotatable bonds is 2. The number of carbonyl (C=O) groups excluding carboxylic acids is 1. The van der Waals surface area contributed by atoms with Crippen LogP contribution < -0.4 is 5.32 Å². The van der Waals surface area contributed by atoms with Crippen molar-refractivity contribution >= 4 is 11.7 Å². The molecule has 0 spiro atoms. The number of piperidine rings is 1. The Morgan fingerprint density at radius 3 is 3.00 bits per heavy atom. The Morgan fingerprint density at radius 2 is 2.29 bits per heavy atom. The van der Waals surface area contributed by atoms with Gasteiger partial charge in [0.25, 0.3) is 0 Å². The summed E-state index contributed by atoms with van der Waals surface area (Å²) in [6.07, 6.45) is 4.31. The number of hydrogen-bond acceptors (Lipinski definition) is 5. The van der Waals surface area contributed by atoms with Crippen molar-refractivity contribution < 1.29 is 4.79 Å². The molecule has 1 fully saturated rings. The molecule has 0 bridgehead atoms. The van der Waals surface area contributed by atoms with E-state index in [0.29, 0.717) is 18.8 Å². The second kappa shape index (κ2) is 4.78. The van der Waals surface area contributed by atoms with E-state index in [2.05, 4.69) is 15.3 Å². The zero-order valence-electron chi connectivity index (χ0n) is 9.55. The second-order valence-electron chi connectivity index (χ2n) is 4.02. The molecule has 1 N–H and O–H groups in total. The first-order valence-corrected chi connectivity index (χ1v) is 5.42. The molecule has 1 atom stereocenters. The predicted molar refractivity (Wildman–Crippen MR) is 61.0 cm³/mol. The van der Waals surface area contributed by atoms with Gasteiger partial charge in [0, 0.05) is 38.4 Å². The number of hydrogen-bond donors (Lipinski definition) is 1. The Balaban J connectivity index is 2.07. The molecule has 1 aromatic heterocycles. The molecule has 0 saturated carbocycles. The lowest BCUT2D eigenvalue weighted by Crippen LogP contribution is -2.43. The van der Waals surface area contributed by atoms with Gasteiger partial charge >= 0.3 is 0 Å². The summed E-state index contributed by atoms with van der Waals surface area (Å²) >= 11 is 0. The molecule has 0 aliphatic carbocycles. The van der Waals surface area contributed by atoms with Crippen LogP contribution in [0.2, 0.25) is 0 Å². The van der Waals surface area contributed by atoms with Gasteiger partial charge in [0.1, 0.15) is 6.07 Å². The summed E-state index contributed by atoms with van der Waals surface area (Å²) in [4.78, 5) is 21.0. The van der Waals surface area contributed by atoms with E-state index in [1.54, 1.807) is 18.1 Å². The van der Waals surface area contributed by atoms with Crippen LogP contribution in [0.5, 0.6) is 0 Å². The van der Waals surface area contributed by atoms with Crippen molar-refractivity contribution in [2.75, 3.05) is 18.9 Å². The van der Waals surface area contributed by atoms with Gasteiger partial charge < -0.3 is 10.2 Å². The van der Waals surface area contributed by atoms with E-state index in [1.165, 1.54) is 6.20 Å². The average Bonchev–Trinajstić information content (AvgIpc) is 2.34. The third-order valence-corrected chi connectivity index (χ3v) is 2.77. The van der Waals surface area contributed by atoms with Gasteiger partial charge in [0.05, 0.1) is 0 Å². The van der Waals surface area contributed by atoms with Gasteiger partial charge in [0.15, 0.2) is 11.5 Å². The maximum atomic E-state index is 11.3. The number of aromatic nitrogens is 2. The summed E-state index contributed by atoms with van der Waals surface area (Å²) in [5.74, 6) is 0.644. The van der Waals surface area contributed by atoms with Gasteiger partial charge in [-0.3, -0.25) is 4.79 Å². The van der Waals surface area contributed by atoms with E-state index in [0.717, 1.165) is 6.42 Å². The molecule has 88 valence electrons. The molecule has 2 rings (SSSR count).